The van der Waals surface area contributed by atoms with Gasteiger partial charge in [-0.3, -0.25) is 0 Å². The topological polar surface area (TPSA) is 78.6 Å². The Hall–Kier alpha value is -1.87. The van der Waals surface area contributed by atoms with Gasteiger partial charge in [-0.1, -0.05) is 24.3 Å². The van der Waals surface area contributed by atoms with E-state index in [0.717, 1.165) is 31.1 Å². The Labute approximate surface area is 169 Å². The highest BCUT2D eigenvalue weighted by molar-refractivity contribution is 9.11. The van der Waals surface area contributed by atoms with Crippen LogP contribution in [0.3, 0.4) is 0 Å². The average molecular weight is 466 g/mol. The van der Waals surface area contributed by atoms with E-state index in [2.05, 4.69) is 15.9 Å². The zero-order chi connectivity index (χ0) is 19.2. The first-order valence-corrected chi connectivity index (χ1v) is 11.4. The van der Waals surface area contributed by atoms with Crippen LogP contribution in [0.25, 0.3) is 11.1 Å². The number of primary sulfonamides is 1. The van der Waals surface area contributed by atoms with Gasteiger partial charge in [0.2, 0.25) is 10.0 Å². The lowest BCUT2D eigenvalue weighted by atomic mass is 9.90. The summed E-state index contributed by atoms with van der Waals surface area (Å²) >= 11 is 5.07. The van der Waals surface area contributed by atoms with Crippen molar-refractivity contribution in [1.82, 2.24) is 0 Å². The van der Waals surface area contributed by atoms with Crippen LogP contribution in [0.15, 0.2) is 52.3 Å². The monoisotopic (exact) mass is 465 g/mol. The second kappa shape index (κ2) is 6.94. The van der Waals surface area contributed by atoms with E-state index in [1.165, 1.54) is 0 Å². The van der Waals surface area contributed by atoms with Gasteiger partial charge in [-0.25, -0.2) is 13.6 Å². The number of thiophene rings is 1. The maximum absolute atomic E-state index is 11.5. The molecule has 1 aromatic heterocycles. The molecule has 27 heavy (non-hydrogen) atoms. The highest BCUT2D eigenvalue weighted by Crippen LogP contribution is 2.50. The molecule has 0 aliphatic carbocycles. The summed E-state index contributed by atoms with van der Waals surface area (Å²) in [6.07, 6.45) is -0.337. The minimum absolute atomic E-state index is 0.222. The Morgan fingerprint density at radius 2 is 2.04 bits per heavy atom. The van der Waals surface area contributed by atoms with E-state index in [9.17, 15) is 8.42 Å². The lowest BCUT2D eigenvalue weighted by Gasteiger charge is -2.29. The largest absolute Gasteiger partial charge is 0.496 e. The molecule has 1 aliphatic heterocycles. The Morgan fingerprint density at radius 1 is 1.22 bits per heavy atom. The first kappa shape index (κ1) is 18.5. The molecule has 0 radical (unpaired) electrons. The van der Waals surface area contributed by atoms with Gasteiger partial charge in [-0.05, 0) is 51.3 Å². The standard InChI is InChI=1S/C19H16BrNO4S2/c1-24-14-3-2-4-15-18(14)12-6-5-11(10-27(21,22)23)9-13(12)19(25-15)16-7-8-17(20)26-16/h2-9,19H,10H2,1H3,(H2,21,22,23). The molecule has 1 aliphatic rings. The number of fused-ring (bicyclic) bond motifs is 3. The molecule has 2 heterocycles. The first-order chi connectivity index (χ1) is 12.9. The molecule has 2 aromatic carbocycles. The molecule has 2 N–H and O–H groups in total. The number of methoxy groups -OCH3 is 1. The van der Waals surface area contributed by atoms with Gasteiger partial charge in [-0.2, -0.15) is 0 Å². The van der Waals surface area contributed by atoms with Crippen molar-refractivity contribution in [3.8, 4) is 22.6 Å². The molecule has 1 atom stereocenters. The van der Waals surface area contributed by atoms with Crippen molar-refractivity contribution in [2.75, 3.05) is 7.11 Å². The number of benzene rings is 2. The molecule has 0 fully saturated rings. The number of sulfonamides is 1. The lowest BCUT2D eigenvalue weighted by molar-refractivity contribution is 0.246. The molecule has 140 valence electrons. The predicted molar refractivity (Wildman–Crippen MR) is 110 cm³/mol. The molecule has 8 heteroatoms. The van der Waals surface area contributed by atoms with Gasteiger partial charge in [0.05, 0.1) is 27.1 Å². The summed E-state index contributed by atoms with van der Waals surface area (Å²) in [4.78, 5) is 1.02. The minimum Gasteiger partial charge on any atom is -0.496 e. The molecular weight excluding hydrogens is 450 g/mol. The van der Waals surface area contributed by atoms with E-state index in [-0.39, 0.29) is 11.9 Å². The Balaban J connectivity index is 1.92. The van der Waals surface area contributed by atoms with E-state index < -0.39 is 10.0 Å². The summed E-state index contributed by atoms with van der Waals surface area (Å²) in [5.74, 6) is 1.22. The van der Waals surface area contributed by atoms with Crippen LogP contribution >= 0.6 is 27.3 Å². The van der Waals surface area contributed by atoms with Gasteiger partial charge in [0.25, 0.3) is 0 Å². The third-order valence-electron chi connectivity index (χ3n) is 4.34. The van der Waals surface area contributed by atoms with Gasteiger partial charge in [0.1, 0.15) is 11.5 Å². The van der Waals surface area contributed by atoms with Crippen molar-refractivity contribution in [2.45, 2.75) is 11.9 Å². The van der Waals surface area contributed by atoms with Gasteiger partial charge < -0.3 is 9.47 Å². The van der Waals surface area contributed by atoms with Crippen LogP contribution in [0.2, 0.25) is 0 Å². The Kier molecular flexibility index (Phi) is 4.75. The molecule has 0 bridgehead atoms. The number of nitrogens with two attached hydrogens (primary N) is 1. The molecule has 0 spiro atoms. The van der Waals surface area contributed by atoms with E-state index in [0.29, 0.717) is 11.3 Å². The minimum atomic E-state index is -3.63. The van der Waals surface area contributed by atoms with E-state index in [4.69, 9.17) is 14.6 Å². The van der Waals surface area contributed by atoms with Crippen LogP contribution in [0.4, 0.5) is 0 Å². The molecule has 0 saturated carbocycles. The zero-order valence-electron chi connectivity index (χ0n) is 14.3. The summed E-state index contributed by atoms with van der Waals surface area (Å²) in [6, 6.07) is 15.2. The number of hydrogen-bond acceptors (Lipinski definition) is 5. The van der Waals surface area contributed by atoms with Crippen molar-refractivity contribution in [3.05, 3.63) is 68.3 Å². The van der Waals surface area contributed by atoms with Crippen molar-refractivity contribution in [1.29, 1.82) is 0 Å². The van der Waals surface area contributed by atoms with Gasteiger partial charge in [0.15, 0.2) is 6.10 Å². The van der Waals surface area contributed by atoms with E-state index in [1.54, 1.807) is 24.5 Å². The van der Waals surface area contributed by atoms with Crippen LogP contribution in [0.5, 0.6) is 11.5 Å². The first-order valence-electron chi connectivity index (χ1n) is 8.08. The van der Waals surface area contributed by atoms with Crippen molar-refractivity contribution in [3.63, 3.8) is 0 Å². The summed E-state index contributed by atoms with van der Waals surface area (Å²) in [5.41, 5.74) is 3.34. The molecule has 0 saturated heterocycles. The second-order valence-corrected chi connectivity index (χ2v) is 10.3. The fraction of sp³-hybridized carbons (Fsp3) is 0.158. The normalized spacial score (nSPS) is 15.6. The molecular formula is C19H16BrNO4S2. The van der Waals surface area contributed by atoms with Crippen LogP contribution in [0.1, 0.15) is 22.1 Å². The van der Waals surface area contributed by atoms with E-state index >= 15 is 0 Å². The molecule has 4 rings (SSSR count). The molecule has 0 amide bonds. The average Bonchev–Trinajstić information content (AvgIpc) is 3.05. The van der Waals surface area contributed by atoms with Gasteiger partial charge in [0, 0.05) is 5.56 Å². The van der Waals surface area contributed by atoms with Crippen LogP contribution < -0.4 is 14.6 Å². The maximum atomic E-state index is 11.5. The van der Waals surface area contributed by atoms with Crippen molar-refractivity contribution >= 4 is 37.3 Å². The SMILES string of the molecule is COc1cccc2c1-c1ccc(CS(N)(=O)=O)cc1C(c1ccc(Br)s1)O2. The molecule has 5 nitrogen and oxygen atoms in total. The van der Waals surface area contributed by atoms with Crippen LogP contribution in [-0.2, 0) is 15.8 Å². The highest BCUT2D eigenvalue weighted by Gasteiger charge is 2.31. The zero-order valence-corrected chi connectivity index (χ0v) is 17.5. The quantitative estimate of drug-likeness (QED) is 0.616. The summed E-state index contributed by atoms with van der Waals surface area (Å²) in [7, 11) is -2.01. The number of halogens is 1. The van der Waals surface area contributed by atoms with Crippen LogP contribution in [-0.4, -0.2) is 15.5 Å². The number of rotatable bonds is 4. The van der Waals surface area contributed by atoms with E-state index in [1.807, 2.05) is 42.5 Å². The Bertz CT molecular complexity index is 1120. The lowest BCUT2D eigenvalue weighted by Crippen LogP contribution is -2.17. The molecule has 3 aromatic rings. The summed E-state index contributed by atoms with van der Waals surface area (Å²) < 4.78 is 35.9. The number of ether oxygens (including phenoxy) is 2. The van der Waals surface area contributed by atoms with Gasteiger partial charge >= 0.3 is 0 Å². The Morgan fingerprint density at radius 3 is 2.70 bits per heavy atom. The third-order valence-corrected chi connectivity index (χ3v) is 6.74. The molecule has 1 unspecified atom stereocenters. The fourth-order valence-corrected chi connectivity index (χ4v) is 5.41. The van der Waals surface area contributed by atoms with Gasteiger partial charge in [-0.15, -0.1) is 11.3 Å². The fourth-order valence-electron chi connectivity index (χ4n) is 3.29. The highest BCUT2D eigenvalue weighted by atomic mass is 79.9. The summed E-state index contributed by atoms with van der Waals surface area (Å²) in [6.45, 7) is 0. The second-order valence-electron chi connectivity index (χ2n) is 6.20. The van der Waals surface area contributed by atoms with Crippen LogP contribution in [0, 0.1) is 0 Å². The predicted octanol–water partition coefficient (Wildman–Crippen LogP) is 4.46. The third kappa shape index (κ3) is 3.62. The van der Waals surface area contributed by atoms with Crippen molar-refractivity contribution in [2.24, 2.45) is 5.14 Å². The number of hydrogen-bond donors (Lipinski definition) is 1. The summed E-state index contributed by atoms with van der Waals surface area (Å²) in [5, 5.41) is 5.23. The smallest absolute Gasteiger partial charge is 0.213 e. The maximum Gasteiger partial charge on any atom is 0.213 e. The van der Waals surface area contributed by atoms with Crippen molar-refractivity contribution < 1.29 is 17.9 Å².